The molecule has 5 aliphatic rings. The summed E-state index contributed by atoms with van der Waals surface area (Å²) in [5.41, 5.74) is 0.632. The number of ketones is 1. The SMILES string of the molecule is CC1(C)C2CC[C@]3(C)[C@H](C(=O)C=C4[C@@H]5C[C@@](C)(C(=O)NOC(F)(F)F)CC[C@]5(C)CC[C@]43C)[C@@]2(C)CC[C@@H]1O. The lowest BCUT2D eigenvalue weighted by Crippen LogP contribution is -2.66. The molecule has 0 spiro atoms. The van der Waals surface area contributed by atoms with Gasteiger partial charge in [0.1, 0.15) is 0 Å². The highest BCUT2D eigenvalue weighted by Gasteiger charge is 2.70. The number of halogens is 3. The molecule has 5 aliphatic carbocycles. The smallest absolute Gasteiger partial charge is 0.393 e. The van der Waals surface area contributed by atoms with Gasteiger partial charge in [0.15, 0.2) is 5.78 Å². The van der Waals surface area contributed by atoms with E-state index < -0.39 is 17.7 Å². The summed E-state index contributed by atoms with van der Waals surface area (Å²) in [5.74, 6) is -0.559. The highest BCUT2D eigenvalue weighted by Crippen LogP contribution is 2.75. The van der Waals surface area contributed by atoms with Gasteiger partial charge in [0, 0.05) is 11.3 Å². The van der Waals surface area contributed by atoms with Gasteiger partial charge in [0.2, 0.25) is 5.91 Å². The summed E-state index contributed by atoms with van der Waals surface area (Å²) in [6, 6.07) is 0. The van der Waals surface area contributed by atoms with Gasteiger partial charge in [-0.1, -0.05) is 54.0 Å². The van der Waals surface area contributed by atoms with Crippen LogP contribution in [0, 0.1) is 50.2 Å². The van der Waals surface area contributed by atoms with Crippen molar-refractivity contribution < 1.29 is 32.7 Å². The average Bonchev–Trinajstić information content (AvgIpc) is 2.82. The van der Waals surface area contributed by atoms with Crippen LogP contribution in [-0.2, 0) is 14.4 Å². The zero-order chi connectivity index (χ0) is 29.0. The molecule has 220 valence electrons. The van der Waals surface area contributed by atoms with Crippen LogP contribution in [0.15, 0.2) is 11.6 Å². The van der Waals surface area contributed by atoms with Gasteiger partial charge >= 0.3 is 6.36 Å². The molecule has 0 aliphatic heterocycles. The number of allylic oxidation sites excluding steroid dienone is 2. The molecule has 0 heterocycles. The minimum Gasteiger partial charge on any atom is -0.393 e. The molecule has 9 atom stereocenters. The zero-order valence-electron chi connectivity index (χ0n) is 24.6. The van der Waals surface area contributed by atoms with Gasteiger partial charge in [-0.15, -0.1) is 13.2 Å². The van der Waals surface area contributed by atoms with Crippen LogP contribution in [0.2, 0.25) is 0 Å². The molecule has 0 saturated heterocycles. The predicted molar refractivity (Wildman–Crippen MR) is 141 cm³/mol. The number of fused-ring (bicyclic) bond motifs is 7. The molecule has 8 heteroatoms. The number of carbonyl (C=O) groups excluding carboxylic acids is 2. The number of nitrogens with one attached hydrogen (secondary N) is 1. The summed E-state index contributed by atoms with van der Waals surface area (Å²) in [6.45, 7) is 15.2. The lowest BCUT2D eigenvalue weighted by molar-refractivity contribution is -0.347. The number of hydroxylamine groups is 1. The Morgan fingerprint density at radius 3 is 2.26 bits per heavy atom. The predicted octanol–water partition coefficient (Wildman–Crippen LogP) is 6.90. The molecule has 0 aromatic heterocycles. The Morgan fingerprint density at radius 2 is 1.62 bits per heavy atom. The number of hydrogen-bond donors (Lipinski definition) is 2. The molecule has 0 bridgehead atoms. The summed E-state index contributed by atoms with van der Waals surface area (Å²) in [6.07, 6.45) is 3.46. The van der Waals surface area contributed by atoms with Gasteiger partial charge in [-0.25, -0.2) is 5.48 Å². The van der Waals surface area contributed by atoms with E-state index in [1.54, 1.807) is 12.4 Å². The van der Waals surface area contributed by atoms with E-state index in [-0.39, 0.29) is 56.7 Å². The summed E-state index contributed by atoms with van der Waals surface area (Å²) in [7, 11) is 0. The quantitative estimate of drug-likeness (QED) is 0.365. The van der Waals surface area contributed by atoms with Crippen LogP contribution >= 0.6 is 0 Å². The van der Waals surface area contributed by atoms with E-state index in [9.17, 15) is 27.9 Å². The van der Waals surface area contributed by atoms with Crippen molar-refractivity contribution in [1.82, 2.24) is 5.48 Å². The van der Waals surface area contributed by atoms with Gasteiger partial charge in [-0.3, -0.25) is 9.59 Å². The van der Waals surface area contributed by atoms with Crippen molar-refractivity contribution in [3.63, 3.8) is 0 Å². The molecular weight excluding hydrogens is 507 g/mol. The zero-order valence-corrected chi connectivity index (χ0v) is 24.6. The molecule has 0 aromatic rings. The van der Waals surface area contributed by atoms with Crippen LogP contribution in [0.5, 0.6) is 0 Å². The lowest BCUT2D eigenvalue weighted by atomic mass is 9.33. The Bertz CT molecular complexity index is 1100. The van der Waals surface area contributed by atoms with Crippen molar-refractivity contribution in [2.24, 2.45) is 50.2 Å². The Kier molecular flexibility index (Phi) is 6.38. The van der Waals surface area contributed by atoms with Gasteiger partial charge in [-0.2, -0.15) is 4.84 Å². The first-order valence-electron chi connectivity index (χ1n) is 14.7. The van der Waals surface area contributed by atoms with E-state index in [4.69, 9.17) is 0 Å². The van der Waals surface area contributed by atoms with Crippen molar-refractivity contribution in [3.8, 4) is 0 Å². The molecule has 2 N–H and O–H groups in total. The number of carbonyl (C=O) groups is 2. The fraction of sp³-hybridized carbons (Fsp3) is 0.871. The van der Waals surface area contributed by atoms with E-state index in [1.807, 2.05) is 6.08 Å². The van der Waals surface area contributed by atoms with Crippen LogP contribution in [0.1, 0.15) is 106 Å². The summed E-state index contributed by atoms with van der Waals surface area (Å²) in [5, 5.41) is 10.9. The Hall–Kier alpha value is -1.41. The third kappa shape index (κ3) is 4.00. The van der Waals surface area contributed by atoms with Crippen LogP contribution in [0.4, 0.5) is 13.2 Å². The summed E-state index contributed by atoms with van der Waals surface area (Å²) < 4.78 is 38.0. The molecule has 4 fully saturated rings. The molecule has 39 heavy (non-hydrogen) atoms. The molecule has 5 rings (SSSR count). The Balaban J connectivity index is 1.53. The topological polar surface area (TPSA) is 75.6 Å². The normalized spacial score (nSPS) is 49.1. The van der Waals surface area contributed by atoms with Crippen molar-refractivity contribution >= 4 is 11.7 Å². The number of rotatable bonds is 2. The van der Waals surface area contributed by atoms with E-state index in [2.05, 4.69) is 46.4 Å². The number of hydrogen-bond acceptors (Lipinski definition) is 4. The Labute approximate surface area is 230 Å². The molecule has 0 aromatic carbocycles. The maximum Gasteiger partial charge on any atom is 0.543 e. The molecule has 0 radical (unpaired) electrons. The van der Waals surface area contributed by atoms with Crippen LogP contribution in [0.3, 0.4) is 0 Å². The number of aliphatic hydroxyl groups excluding tert-OH is 1. The second-order valence-corrected chi connectivity index (χ2v) is 15.6. The average molecular weight is 554 g/mol. The third-order valence-corrected chi connectivity index (χ3v) is 13.4. The first-order chi connectivity index (χ1) is 17.7. The standard InChI is InChI=1S/C31H46F3NO4/c1-25(2)21-8-11-30(7)23(28(21,5)10-9-22(25)37)20(36)16-18-19-17-27(4,24(38)35-39-31(32,33)34)13-12-26(19,3)14-15-29(18,30)6/h16,19,21-23,37H,8-15,17H2,1-7H3,(H,35,38)/t19-,21?,22-,23+,26+,27-,28-,29+,30+/m0/s1. The van der Waals surface area contributed by atoms with Crippen LogP contribution in [-0.4, -0.2) is 29.3 Å². The maximum atomic E-state index is 14.3. The van der Waals surface area contributed by atoms with E-state index in [0.29, 0.717) is 25.7 Å². The first-order valence-corrected chi connectivity index (χ1v) is 14.7. The summed E-state index contributed by atoms with van der Waals surface area (Å²) >= 11 is 0. The molecule has 4 saturated carbocycles. The molecule has 1 unspecified atom stereocenters. The van der Waals surface area contributed by atoms with E-state index >= 15 is 0 Å². The molecule has 1 amide bonds. The minimum atomic E-state index is -4.95. The van der Waals surface area contributed by atoms with Crippen molar-refractivity contribution in [2.75, 3.05) is 0 Å². The van der Waals surface area contributed by atoms with Crippen LogP contribution < -0.4 is 5.48 Å². The van der Waals surface area contributed by atoms with Crippen molar-refractivity contribution in [3.05, 3.63) is 11.6 Å². The number of alkyl halides is 3. The first kappa shape index (κ1) is 29.1. The van der Waals surface area contributed by atoms with Gasteiger partial charge < -0.3 is 5.11 Å². The van der Waals surface area contributed by atoms with Crippen LogP contribution in [0.25, 0.3) is 0 Å². The largest absolute Gasteiger partial charge is 0.543 e. The van der Waals surface area contributed by atoms with E-state index in [0.717, 1.165) is 37.7 Å². The van der Waals surface area contributed by atoms with Gasteiger partial charge in [0.05, 0.1) is 6.10 Å². The minimum absolute atomic E-state index is 0.0662. The van der Waals surface area contributed by atoms with Gasteiger partial charge in [-0.05, 0) is 103 Å². The lowest BCUT2D eigenvalue weighted by Gasteiger charge is -2.70. The van der Waals surface area contributed by atoms with Crippen molar-refractivity contribution in [1.29, 1.82) is 0 Å². The second-order valence-electron chi connectivity index (χ2n) is 15.6. The second kappa shape index (κ2) is 8.56. The monoisotopic (exact) mass is 553 g/mol. The molecule has 5 nitrogen and oxygen atoms in total. The highest BCUT2D eigenvalue weighted by molar-refractivity contribution is 5.95. The number of aliphatic hydroxyl groups is 1. The summed E-state index contributed by atoms with van der Waals surface area (Å²) in [4.78, 5) is 31.0. The number of amides is 1. The van der Waals surface area contributed by atoms with E-state index in [1.165, 1.54) is 0 Å². The van der Waals surface area contributed by atoms with Crippen molar-refractivity contribution in [2.45, 2.75) is 119 Å². The third-order valence-electron chi connectivity index (χ3n) is 13.4. The Morgan fingerprint density at radius 1 is 0.974 bits per heavy atom. The fourth-order valence-electron chi connectivity index (χ4n) is 10.6. The fourth-order valence-corrected chi connectivity index (χ4v) is 10.6. The maximum absolute atomic E-state index is 14.3. The molecular formula is C31H46F3NO4. The highest BCUT2D eigenvalue weighted by atomic mass is 19.4. The van der Waals surface area contributed by atoms with Gasteiger partial charge in [0.25, 0.3) is 0 Å².